The van der Waals surface area contributed by atoms with Crippen molar-refractivity contribution in [1.82, 2.24) is 0 Å². The molecule has 8 aromatic carbocycles. The zero-order valence-electron chi connectivity index (χ0n) is 31.8. The molecule has 0 amide bonds. The minimum atomic E-state index is 1.10. The molecule has 0 heterocycles. The maximum absolute atomic E-state index is 2.30. The Balaban J connectivity index is 1.25. The highest BCUT2D eigenvalue weighted by molar-refractivity contribution is 5.88. The lowest BCUT2D eigenvalue weighted by Crippen LogP contribution is -2.10. The number of hydrogen-bond donors (Lipinski definition) is 0. The van der Waals surface area contributed by atoms with E-state index in [9.17, 15) is 0 Å². The van der Waals surface area contributed by atoms with Gasteiger partial charge in [0, 0.05) is 34.1 Å². The van der Waals surface area contributed by atoms with Gasteiger partial charge in [-0.15, -0.1) is 0 Å². The van der Waals surface area contributed by atoms with Gasteiger partial charge in [0.05, 0.1) is 0 Å². The number of para-hydroxylation sites is 4. The molecular formula is C54H44N2. The second-order valence-corrected chi connectivity index (χ2v) is 14.0. The highest BCUT2D eigenvalue weighted by atomic mass is 15.1. The highest BCUT2D eigenvalue weighted by Crippen LogP contribution is 2.38. The molecule has 0 unspecified atom stereocenters. The van der Waals surface area contributed by atoms with E-state index in [4.69, 9.17) is 0 Å². The third-order valence-electron chi connectivity index (χ3n) is 10.1. The van der Waals surface area contributed by atoms with E-state index in [-0.39, 0.29) is 0 Å². The standard InChI is InChI=1S/C54H44N2/c1-41-23-27-43(28-24-41)53(44-29-25-42(2)26-30-44)39-40-54(45-31-35-51(36-32-45)55(47-15-7-3-8-16-47)48-17-9-4-10-18-48)46-33-37-52(38-34-46)56(49-19-11-5-12-20-49)50-21-13-6-14-22-50/h3-40H,1-2H3. The Labute approximate surface area is 331 Å². The summed E-state index contributed by atoms with van der Waals surface area (Å²) in [6.45, 7) is 4.27. The molecule has 0 saturated heterocycles. The molecule has 2 heteroatoms. The van der Waals surface area contributed by atoms with Crippen molar-refractivity contribution in [3.8, 4) is 0 Å². The quantitative estimate of drug-likeness (QED) is 0.123. The number of nitrogens with zero attached hydrogens (tertiary/aromatic N) is 2. The smallest absolute Gasteiger partial charge is 0.0462 e. The van der Waals surface area contributed by atoms with Crippen molar-refractivity contribution in [1.29, 1.82) is 0 Å². The average Bonchev–Trinajstić information content (AvgIpc) is 3.26. The summed E-state index contributed by atoms with van der Waals surface area (Å²) in [5, 5.41) is 0. The van der Waals surface area contributed by atoms with Crippen molar-refractivity contribution in [2.75, 3.05) is 9.80 Å². The van der Waals surface area contributed by atoms with Gasteiger partial charge in [-0.1, -0.05) is 169 Å². The van der Waals surface area contributed by atoms with Crippen molar-refractivity contribution in [3.05, 3.63) is 264 Å². The summed E-state index contributed by atoms with van der Waals surface area (Å²) in [7, 11) is 0. The molecule has 0 saturated carbocycles. The Kier molecular flexibility index (Phi) is 10.8. The first-order valence-corrected chi connectivity index (χ1v) is 19.2. The van der Waals surface area contributed by atoms with Crippen LogP contribution < -0.4 is 9.80 Å². The largest absolute Gasteiger partial charge is 0.311 e. The Morgan fingerprint density at radius 1 is 0.268 bits per heavy atom. The van der Waals surface area contributed by atoms with E-state index in [1.165, 1.54) is 27.8 Å². The normalized spacial score (nSPS) is 10.7. The fraction of sp³-hybridized carbons (Fsp3) is 0.0370. The SMILES string of the molecule is Cc1ccc(C(=CC=C(c2ccc(N(c3ccccc3)c3ccccc3)cc2)c2ccc(N(c3ccccc3)c3ccccc3)cc2)c2ccc(C)cc2)cc1. The van der Waals surface area contributed by atoms with E-state index < -0.39 is 0 Å². The van der Waals surface area contributed by atoms with Gasteiger partial charge in [0.25, 0.3) is 0 Å². The second kappa shape index (κ2) is 16.9. The van der Waals surface area contributed by atoms with Crippen molar-refractivity contribution in [2.45, 2.75) is 13.8 Å². The van der Waals surface area contributed by atoms with Crippen LogP contribution in [0.4, 0.5) is 34.1 Å². The summed E-state index contributed by atoms with van der Waals surface area (Å²) < 4.78 is 0. The van der Waals surface area contributed by atoms with Gasteiger partial charge in [0.1, 0.15) is 0 Å². The van der Waals surface area contributed by atoms with E-state index in [0.717, 1.165) is 50.8 Å². The predicted octanol–water partition coefficient (Wildman–Crippen LogP) is 14.8. The second-order valence-electron chi connectivity index (χ2n) is 14.0. The number of aryl methyl sites for hydroxylation is 2. The maximum atomic E-state index is 2.30. The van der Waals surface area contributed by atoms with Gasteiger partial charge in [-0.3, -0.25) is 0 Å². The Morgan fingerprint density at radius 2 is 0.482 bits per heavy atom. The number of anilines is 6. The van der Waals surface area contributed by atoms with Crippen molar-refractivity contribution >= 4 is 45.3 Å². The molecule has 0 aliphatic carbocycles. The molecule has 8 rings (SSSR count). The molecule has 0 aliphatic rings. The molecule has 8 aromatic rings. The number of benzene rings is 8. The summed E-state index contributed by atoms with van der Waals surface area (Å²) in [6.07, 6.45) is 4.57. The Hall–Kier alpha value is -7.16. The Morgan fingerprint density at radius 3 is 0.732 bits per heavy atom. The van der Waals surface area contributed by atoms with Gasteiger partial charge in [0.2, 0.25) is 0 Å². The minimum Gasteiger partial charge on any atom is -0.311 e. The summed E-state index contributed by atoms with van der Waals surface area (Å²) in [5.41, 5.74) is 16.1. The number of hydrogen-bond acceptors (Lipinski definition) is 2. The van der Waals surface area contributed by atoms with Gasteiger partial charge in [-0.25, -0.2) is 0 Å². The summed E-state index contributed by atoms with van der Waals surface area (Å²) in [4.78, 5) is 4.60. The maximum Gasteiger partial charge on any atom is 0.0462 e. The lowest BCUT2D eigenvalue weighted by Gasteiger charge is -2.26. The van der Waals surface area contributed by atoms with Crippen LogP contribution in [0, 0.1) is 13.8 Å². The zero-order valence-corrected chi connectivity index (χ0v) is 31.8. The summed E-state index contributed by atoms with van der Waals surface area (Å²) in [6, 6.07) is 77.8. The van der Waals surface area contributed by atoms with E-state index in [1.807, 2.05) is 0 Å². The molecule has 0 radical (unpaired) electrons. The van der Waals surface area contributed by atoms with Crippen molar-refractivity contribution < 1.29 is 0 Å². The van der Waals surface area contributed by atoms with Gasteiger partial charge < -0.3 is 9.80 Å². The molecule has 0 atom stereocenters. The minimum absolute atomic E-state index is 1.10. The van der Waals surface area contributed by atoms with Crippen LogP contribution in [0.5, 0.6) is 0 Å². The first-order chi connectivity index (χ1) is 27.6. The monoisotopic (exact) mass is 720 g/mol. The van der Waals surface area contributed by atoms with Crippen molar-refractivity contribution in [2.24, 2.45) is 0 Å². The topological polar surface area (TPSA) is 6.48 Å². The van der Waals surface area contributed by atoms with E-state index in [0.29, 0.717) is 0 Å². The van der Waals surface area contributed by atoms with Crippen LogP contribution in [0.1, 0.15) is 33.4 Å². The lowest BCUT2D eigenvalue weighted by molar-refractivity contribution is 1.28. The van der Waals surface area contributed by atoms with Crippen molar-refractivity contribution in [3.63, 3.8) is 0 Å². The van der Waals surface area contributed by atoms with Crippen LogP contribution in [-0.4, -0.2) is 0 Å². The molecule has 0 aliphatic heterocycles. The number of allylic oxidation sites excluding steroid dienone is 2. The molecule has 0 fully saturated rings. The fourth-order valence-corrected chi connectivity index (χ4v) is 7.13. The average molecular weight is 721 g/mol. The summed E-state index contributed by atoms with van der Waals surface area (Å²) >= 11 is 0. The van der Waals surface area contributed by atoms with Crippen LogP contribution in [0.2, 0.25) is 0 Å². The van der Waals surface area contributed by atoms with E-state index in [2.05, 4.69) is 254 Å². The zero-order chi connectivity index (χ0) is 38.1. The van der Waals surface area contributed by atoms with E-state index in [1.54, 1.807) is 0 Å². The first kappa shape index (κ1) is 35.8. The van der Waals surface area contributed by atoms with Crippen LogP contribution in [-0.2, 0) is 0 Å². The van der Waals surface area contributed by atoms with Crippen LogP contribution in [0.3, 0.4) is 0 Å². The van der Waals surface area contributed by atoms with Crippen LogP contribution >= 0.6 is 0 Å². The van der Waals surface area contributed by atoms with Gasteiger partial charge in [-0.05, 0) is 120 Å². The van der Waals surface area contributed by atoms with Crippen LogP contribution in [0.15, 0.2) is 231 Å². The molecule has 0 bridgehead atoms. The van der Waals surface area contributed by atoms with Gasteiger partial charge in [-0.2, -0.15) is 0 Å². The Bertz CT molecular complexity index is 2270. The molecule has 270 valence electrons. The molecular weight excluding hydrogens is 677 g/mol. The molecule has 0 spiro atoms. The lowest BCUT2D eigenvalue weighted by atomic mass is 9.93. The van der Waals surface area contributed by atoms with Crippen LogP contribution in [0.25, 0.3) is 11.1 Å². The van der Waals surface area contributed by atoms with E-state index >= 15 is 0 Å². The molecule has 0 aromatic heterocycles. The predicted molar refractivity (Wildman–Crippen MR) is 239 cm³/mol. The van der Waals surface area contributed by atoms with Gasteiger partial charge in [0.15, 0.2) is 0 Å². The molecule has 2 nitrogen and oxygen atoms in total. The third-order valence-corrected chi connectivity index (χ3v) is 10.1. The number of rotatable bonds is 11. The fourth-order valence-electron chi connectivity index (χ4n) is 7.13. The summed E-state index contributed by atoms with van der Waals surface area (Å²) in [5.74, 6) is 0. The first-order valence-electron chi connectivity index (χ1n) is 19.2. The molecule has 0 N–H and O–H groups in total. The van der Waals surface area contributed by atoms with Gasteiger partial charge >= 0.3 is 0 Å². The molecule has 56 heavy (non-hydrogen) atoms. The highest BCUT2D eigenvalue weighted by Gasteiger charge is 2.16. The third kappa shape index (κ3) is 8.16.